The Morgan fingerprint density at radius 1 is 0.654 bits per heavy atom. The second-order valence-electron chi connectivity index (χ2n) is 5.63. The van der Waals surface area contributed by atoms with E-state index in [1.54, 1.807) is 35.3 Å². The maximum atomic E-state index is 4.49. The fraction of sp³-hybridized carbons (Fsp3) is 0.250. The normalized spacial score (nSPS) is 10.9. The molecule has 3 aromatic rings. The molecule has 0 saturated heterocycles. The van der Waals surface area contributed by atoms with Crippen molar-refractivity contribution >= 4 is 35.3 Å². The zero-order chi connectivity index (χ0) is 18.4. The van der Waals surface area contributed by atoms with Crippen LogP contribution in [0.5, 0.6) is 0 Å². The third kappa shape index (κ3) is 5.02. The third-order valence-corrected chi connectivity index (χ3v) is 5.97. The lowest BCUT2D eigenvalue weighted by Crippen LogP contribution is -1.96. The number of benzene rings is 2. The van der Waals surface area contributed by atoms with Crippen LogP contribution < -0.4 is 0 Å². The standard InChI is InChI=1S/C20H21N3S3/c1-4-14-5-9-16(10-6-14)17-11-7-15(8-12-17)13-26-20-22-18(24-2)21-19(23-20)25-3/h5-12H,4,13H2,1-3H3. The maximum absolute atomic E-state index is 4.49. The molecule has 0 N–H and O–H groups in total. The van der Waals surface area contributed by atoms with Crippen LogP contribution in [0, 0.1) is 0 Å². The average Bonchev–Trinajstić information content (AvgIpc) is 2.72. The van der Waals surface area contributed by atoms with Crippen LogP contribution in [0.1, 0.15) is 18.1 Å². The zero-order valence-corrected chi connectivity index (χ0v) is 17.5. The van der Waals surface area contributed by atoms with Crippen molar-refractivity contribution in [2.75, 3.05) is 12.5 Å². The molecule has 1 heterocycles. The molecule has 0 unspecified atom stereocenters. The molecule has 3 nitrogen and oxygen atoms in total. The van der Waals surface area contributed by atoms with E-state index in [-0.39, 0.29) is 0 Å². The lowest BCUT2D eigenvalue weighted by atomic mass is 10.0. The quantitative estimate of drug-likeness (QED) is 0.465. The summed E-state index contributed by atoms with van der Waals surface area (Å²) < 4.78 is 0. The van der Waals surface area contributed by atoms with E-state index in [1.807, 2.05) is 12.5 Å². The molecule has 0 saturated carbocycles. The Labute approximate surface area is 167 Å². The number of hydrogen-bond acceptors (Lipinski definition) is 6. The van der Waals surface area contributed by atoms with Crippen molar-refractivity contribution in [2.45, 2.75) is 34.6 Å². The summed E-state index contributed by atoms with van der Waals surface area (Å²) in [7, 11) is 0. The Balaban J connectivity index is 1.67. The highest BCUT2D eigenvalue weighted by atomic mass is 32.2. The van der Waals surface area contributed by atoms with Crippen molar-refractivity contribution in [3.8, 4) is 11.1 Å². The summed E-state index contributed by atoms with van der Waals surface area (Å²) >= 11 is 4.75. The second-order valence-corrected chi connectivity index (χ2v) is 8.12. The highest BCUT2D eigenvalue weighted by molar-refractivity contribution is 7.99. The van der Waals surface area contributed by atoms with Gasteiger partial charge in [-0.15, -0.1) is 0 Å². The Morgan fingerprint density at radius 3 is 1.58 bits per heavy atom. The zero-order valence-electron chi connectivity index (χ0n) is 15.1. The second kappa shape index (κ2) is 9.44. The highest BCUT2D eigenvalue weighted by Gasteiger charge is 2.07. The van der Waals surface area contributed by atoms with Gasteiger partial charge in [-0.25, -0.2) is 0 Å². The molecular weight excluding hydrogens is 378 g/mol. The molecule has 6 heteroatoms. The van der Waals surface area contributed by atoms with Crippen LogP contribution >= 0.6 is 35.3 Å². The molecule has 0 bridgehead atoms. The first-order chi connectivity index (χ1) is 12.7. The summed E-state index contributed by atoms with van der Waals surface area (Å²) in [6, 6.07) is 17.5. The van der Waals surface area contributed by atoms with E-state index in [4.69, 9.17) is 0 Å². The largest absolute Gasteiger partial charge is 0.196 e. The first-order valence-corrected chi connectivity index (χ1v) is 11.8. The molecule has 134 valence electrons. The first-order valence-electron chi connectivity index (χ1n) is 8.37. The van der Waals surface area contributed by atoms with Crippen molar-refractivity contribution in [3.63, 3.8) is 0 Å². The van der Waals surface area contributed by atoms with Gasteiger partial charge in [0.15, 0.2) is 15.5 Å². The summed E-state index contributed by atoms with van der Waals surface area (Å²) in [5, 5.41) is 2.34. The Hall–Kier alpha value is -1.50. The van der Waals surface area contributed by atoms with E-state index in [9.17, 15) is 0 Å². The van der Waals surface area contributed by atoms with Gasteiger partial charge in [0.05, 0.1) is 0 Å². The molecule has 0 spiro atoms. The van der Waals surface area contributed by atoms with E-state index in [0.29, 0.717) is 0 Å². The van der Waals surface area contributed by atoms with Crippen LogP contribution in [0.25, 0.3) is 11.1 Å². The number of aromatic nitrogens is 3. The molecule has 1 aromatic heterocycles. The smallest absolute Gasteiger partial charge is 0.192 e. The number of rotatable bonds is 7. The number of hydrogen-bond donors (Lipinski definition) is 0. The van der Waals surface area contributed by atoms with E-state index >= 15 is 0 Å². The molecule has 0 radical (unpaired) electrons. The lowest BCUT2D eigenvalue weighted by molar-refractivity contribution is 0.719. The van der Waals surface area contributed by atoms with Crippen LogP contribution in [-0.2, 0) is 12.2 Å². The van der Waals surface area contributed by atoms with Crippen LogP contribution in [0.4, 0.5) is 0 Å². The number of aryl methyl sites for hydroxylation is 1. The molecule has 26 heavy (non-hydrogen) atoms. The molecule has 0 fully saturated rings. The molecule has 3 rings (SSSR count). The average molecular weight is 400 g/mol. The summed E-state index contributed by atoms with van der Waals surface area (Å²) in [4.78, 5) is 13.3. The van der Waals surface area contributed by atoms with Gasteiger partial charge in [-0.2, -0.15) is 15.0 Å². The number of nitrogens with zero attached hydrogens (tertiary/aromatic N) is 3. The molecule has 0 aliphatic rings. The summed E-state index contributed by atoms with van der Waals surface area (Å²) in [5.74, 6) is 0.848. The molecule has 0 aliphatic carbocycles. The van der Waals surface area contributed by atoms with Gasteiger partial charge in [0.2, 0.25) is 0 Å². The van der Waals surface area contributed by atoms with Crippen molar-refractivity contribution in [2.24, 2.45) is 0 Å². The molecule has 0 aliphatic heterocycles. The van der Waals surface area contributed by atoms with Crippen molar-refractivity contribution in [3.05, 3.63) is 59.7 Å². The number of thioether (sulfide) groups is 3. The van der Waals surface area contributed by atoms with Gasteiger partial charge in [0, 0.05) is 5.75 Å². The van der Waals surface area contributed by atoms with Gasteiger partial charge >= 0.3 is 0 Å². The van der Waals surface area contributed by atoms with Crippen LogP contribution in [0.15, 0.2) is 64.0 Å². The Bertz CT molecular complexity index is 827. The first kappa shape index (κ1) is 19.3. The minimum Gasteiger partial charge on any atom is -0.196 e. The molecule has 0 atom stereocenters. The topological polar surface area (TPSA) is 38.7 Å². The van der Waals surface area contributed by atoms with Crippen LogP contribution in [-0.4, -0.2) is 27.5 Å². The molecule has 2 aromatic carbocycles. The van der Waals surface area contributed by atoms with Gasteiger partial charge in [-0.3, -0.25) is 0 Å². The van der Waals surface area contributed by atoms with E-state index in [0.717, 1.165) is 27.6 Å². The monoisotopic (exact) mass is 399 g/mol. The Kier molecular flexibility index (Phi) is 7.00. The van der Waals surface area contributed by atoms with Crippen molar-refractivity contribution in [1.82, 2.24) is 15.0 Å². The lowest BCUT2D eigenvalue weighted by Gasteiger charge is -2.06. The summed E-state index contributed by atoms with van der Waals surface area (Å²) in [6.45, 7) is 2.18. The maximum Gasteiger partial charge on any atom is 0.192 e. The summed E-state index contributed by atoms with van der Waals surface area (Å²) in [6.07, 6.45) is 5.04. The Morgan fingerprint density at radius 2 is 1.12 bits per heavy atom. The van der Waals surface area contributed by atoms with Crippen LogP contribution in [0.3, 0.4) is 0 Å². The third-order valence-electron chi connectivity index (χ3n) is 3.96. The van der Waals surface area contributed by atoms with Gasteiger partial charge in [0.25, 0.3) is 0 Å². The van der Waals surface area contributed by atoms with Crippen molar-refractivity contribution < 1.29 is 0 Å². The SMILES string of the molecule is CCc1ccc(-c2ccc(CSc3nc(SC)nc(SC)n3)cc2)cc1. The van der Waals surface area contributed by atoms with E-state index < -0.39 is 0 Å². The van der Waals surface area contributed by atoms with Gasteiger partial charge in [0.1, 0.15) is 0 Å². The van der Waals surface area contributed by atoms with Gasteiger partial charge in [-0.1, -0.05) is 90.7 Å². The van der Waals surface area contributed by atoms with E-state index in [1.165, 1.54) is 22.3 Å². The predicted octanol–water partition coefficient (Wildman–Crippen LogP) is 5.84. The van der Waals surface area contributed by atoms with E-state index in [2.05, 4.69) is 70.4 Å². The minimum atomic E-state index is 0.776. The summed E-state index contributed by atoms with van der Waals surface area (Å²) in [5.41, 5.74) is 5.14. The van der Waals surface area contributed by atoms with Gasteiger partial charge in [-0.05, 0) is 41.2 Å². The highest BCUT2D eigenvalue weighted by Crippen LogP contribution is 2.25. The fourth-order valence-electron chi connectivity index (χ4n) is 2.44. The molecular formula is C20H21N3S3. The predicted molar refractivity (Wildman–Crippen MR) is 114 cm³/mol. The minimum absolute atomic E-state index is 0.776. The van der Waals surface area contributed by atoms with Crippen molar-refractivity contribution in [1.29, 1.82) is 0 Å². The molecule has 0 amide bonds. The van der Waals surface area contributed by atoms with Gasteiger partial charge < -0.3 is 0 Å². The fourth-order valence-corrected chi connectivity index (χ4v) is 4.12. The van der Waals surface area contributed by atoms with Crippen LogP contribution in [0.2, 0.25) is 0 Å².